The van der Waals surface area contributed by atoms with Gasteiger partial charge in [0.15, 0.2) is 0 Å². The maximum absolute atomic E-state index is 14.1. The van der Waals surface area contributed by atoms with Crippen molar-refractivity contribution in [1.29, 1.82) is 0 Å². The van der Waals surface area contributed by atoms with Gasteiger partial charge in [-0.3, -0.25) is 14.4 Å². The Kier molecular flexibility index (Phi) is 18.5. The van der Waals surface area contributed by atoms with Gasteiger partial charge >= 0.3 is 18.0 Å². The number of hydrogen-bond donors (Lipinski definition) is 3. The first-order valence-corrected chi connectivity index (χ1v) is 19.3. The summed E-state index contributed by atoms with van der Waals surface area (Å²) in [6.45, 7) is 4.49. The number of benzene rings is 1. The number of thioether (sulfide) groups is 1. The van der Waals surface area contributed by atoms with Crippen LogP contribution < -0.4 is 16.0 Å². The van der Waals surface area contributed by atoms with Crippen LogP contribution in [0.15, 0.2) is 30.3 Å². The van der Waals surface area contributed by atoms with Gasteiger partial charge in [-0.05, 0) is 44.4 Å². The Hall–Kier alpha value is -4.12. The highest BCUT2D eigenvalue weighted by atomic mass is 32.2. The minimum atomic E-state index is -1.51. The van der Waals surface area contributed by atoms with Crippen LogP contribution in [0.2, 0.25) is 0 Å². The van der Waals surface area contributed by atoms with E-state index in [4.69, 9.17) is 14.2 Å². The molecule has 290 valence electrons. The van der Waals surface area contributed by atoms with Gasteiger partial charge in [0.1, 0.15) is 12.1 Å². The monoisotopic (exact) mass is 751 g/mol. The van der Waals surface area contributed by atoms with Gasteiger partial charge in [0.2, 0.25) is 17.9 Å². The van der Waals surface area contributed by atoms with E-state index >= 15 is 0 Å². The number of urea groups is 1. The van der Waals surface area contributed by atoms with Crippen molar-refractivity contribution in [1.82, 2.24) is 20.9 Å². The highest BCUT2D eigenvalue weighted by Crippen LogP contribution is 2.29. The summed E-state index contributed by atoms with van der Waals surface area (Å²) in [5.74, 6) is -2.53. The number of amides is 4. The van der Waals surface area contributed by atoms with Crippen LogP contribution in [0.4, 0.5) is 4.79 Å². The van der Waals surface area contributed by atoms with Gasteiger partial charge in [-0.25, -0.2) is 9.59 Å². The minimum Gasteiger partial charge on any atom is -0.460 e. The largest absolute Gasteiger partial charge is 0.460 e. The fourth-order valence-electron chi connectivity index (χ4n) is 6.16. The summed E-state index contributed by atoms with van der Waals surface area (Å²) in [7, 11) is 0. The average Bonchev–Trinajstić information content (AvgIpc) is 3.12. The Balaban J connectivity index is 1.83. The van der Waals surface area contributed by atoms with Crippen molar-refractivity contribution < 1.29 is 48.1 Å². The Morgan fingerprint density at radius 1 is 0.962 bits per heavy atom. The third-order valence-electron chi connectivity index (χ3n) is 8.73. The first kappa shape index (κ1) is 42.3. The molecule has 4 amide bonds. The van der Waals surface area contributed by atoms with E-state index in [-0.39, 0.29) is 37.5 Å². The Bertz CT molecular complexity index is 1310. The molecule has 1 saturated carbocycles. The normalized spacial score (nSPS) is 17.2. The van der Waals surface area contributed by atoms with Crippen molar-refractivity contribution in [3.05, 3.63) is 46.0 Å². The molecule has 0 aromatic heterocycles. The van der Waals surface area contributed by atoms with Crippen LogP contribution in [0.5, 0.6) is 0 Å². The summed E-state index contributed by atoms with van der Waals surface area (Å²) in [5.41, 5.74) is 0.807. The standard InChI is InChI=1S/C35H53N5O11S/c1-24(2)50-34(44)31(51-30(41)15-10-18-49-40(46)47)27(21-25-11-6-4-7-12-25)36-33(43)29(23-52-3)37-32(42)28(22-26-13-8-5-9-14-26)38-35(45)39-16-19-48-20-17-39/h5,8-9,13-14,24-25,27-29,31H,4,6-7,10-12,15-23H2,1-3H3,(H,36,43)(H,37,42)(H,38,45)/t27-,28-,29-,31-/m0/s1. The molecule has 3 rings (SSSR count). The third-order valence-corrected chi connectivity index (χ3v) is 9.40. The van der Waals surface area contributed by atoms with Crippen LogP contribution in [-0.2, 0) is 44.6 Å². The first-order chi connectivity index (χ1) is 25.0. The number of nitrogens with zero attached hydrogens (tertiary/aromatic N) is 2. The summed E-state index contributed by atoms with van der Waals surface area (Å²) in [5, 5.41) is 18.1. The van der Waals surface area contributed by atoms with Gasteiger partial charge in [-0.2, -0.15) is 11.8 Å². The van der Waals surface area contributed by atoms with Crippen molar-refractivity contribution in [2.45, 2.75) is 102 Å². The molecule has 0 spiro atoms. The molecule has 1 heterocycles. The summed E-state index contributed by atoms with van der Waals surface area (Å²) in [6.07, 6.45) is 4.65. The van der Waals surface area contributed by atoms with Crippen LogP contribution in [0.3, 0.4) is 0 Å². The molecule has 2 fully saturated rings. The van der Waals surface area contributed by atoms with Crippen LogP contribution in [0, 0.1) is 16.0 Å². The SMILES string of the molecule is CSC[C@H](NC(=O)[C@H](Cc1ccccc1)NC(=O)N1CCOCC1)C(=O)N[C@@H](CC1CCCCC1)[C@H](OC(=O)CCCO[N+](=O)[O-])C(=O)OC(C)C. The molecule has 1 aliphatic carbocycles. The van der Waals surface area contributed by atoms with E-state index in [0.29, 0.717) is 32.7 Å². The van der Waals surface area contributed by atoms with Gasteiger partial charge in [-0.15, -0.1) is 10.1 Å². The highest BCUT2D eigenvalue weighted by molar-refractivity contribution is 7.98. The lowest BCUT2D eigenvalue weighted by atomic mass is 9.83. The quantitative estimate of drug-likeness (QED) is 0.0762. The maximum Gasteiger partial charge on any atom is 0.349 e. The lowest BCUT2D eigenvalue weighted by Gasteiger charge is -2.33. The number of nitrogens with one attached hydrogen (secondary N) is 3. The fourth-order valence-corrected chi connectivity index (χ4v) is 6.73. The van der Waals surface area contributed by atoms with Crippen molar-refractivity contribution >= 4 is 41.5 Å². The topological polar surface area (TPSA) is 205 Å². The average molecular weight is 752 g/mol. The number of esters is 2. The summed E-state index contributed by atoms with van der Waals surface area (Å²) in [6, 6.07) is 5.69. The van der Waals surface area contributed by atoms with Crippen molar-refractivity contribution in [2.75, 3.05) is 44.9 Å². The number of carbonyl (C=O) groups is 5. The van der Waals surface area contributed by atoms with Crippen molar-refractivity contribution in [3.8, 4) is 0 Å². The van der Waals surface area contributed by atoms with E-state index in [0.717, 1.165) is 37.7 Å². The molecule has 1 aromatic rings. The molecule has 1 saturated heterocycles. The minimum absolute atomic E-state index is 0.0283. The smallest absolute Gasteiger partial charge is 0.349 e. The molecular formula is C35H53N5O11S. The zero-order chi connectivity index (χ0) is 37.9. The molecule has 4 atom stereocenters. The van der Waals surface area contributed by atoms with Gasteiger partial charge in [0.05, 0.1) is 32.0 Å². The van der Waals surface area contributed by atoms with E-state index in [1.54, 1.807) is 25.0 Å². The number of carbonyl (C=O) groups excluding carboxylic acids is 5. The zero-order valence-corrected chi connectivity index (χ0v) is 31.1. The van der Waals surface area contributed by atoms with Crippen LogP contribution in [0.1, 0.15) is 70.8 Å². The van der Waals surface area contributed by atoms with Gasteiger partial charge < -0.3 is 39.9 Å². The van der Waals surface area contributed by atoms with E-state index in [1.165, 1.54) is 11.8 Å². The van der Waals surface area contributed by atoms with Crippen molar-refractivity contribution in [3.63, 3.8) is 0 Å². The Morgan fingerprint density at radius 3 is 2.27 bits per heavy atom. The van der Waals surface area contributed by atoms with E-state index in [9.17, 15) is 34.1 Å². The molecule has 16 nitrogen and oxygen atoms in total. The molecule has 0 radical (unpaired) electrons. The molecule has 0 bridgehead atoms. The molecule has 52 heavy (non-hydrogen) atoms. The lowest BCUT2D eigenvalue weighted by molar-refractivity contribution is -0.757. The zero-order valence-electron chi connectivity index (χ0n) is 30.3. The van der Waals surface area contributed by atoms with Crippen LogP contribution in [0.25, 0.3) is 0 Å². The third kappa shape index (κ3) is 15.2. The second kappa shape index (κ2) is 22.7. The molecule has 1 aromatic carbocycles. The number of morpholine rings is 1. The Morgan fingerprint density at radius 2 is 1.63 bits per heavy atom. The summed E-state index contributed by atoms with van der Waals surface area (Å²) >= 11 is 1.32. The predicted molar refractivity (Wildman–Crippen MR) is 192 cm³/mol. The second-order valence-corrected chi connectivity index (χ2v) is 14.1. The summed E-state index contributed by atoms with van der Waals surface area (Å²) in [4.78, 5) is 83.8. The van der Waals surface area contributed by atoms with E-state index < -0.39 is 65.2 Å². The molecule has 17 heteroatoms. The number of rotatable bonds is 20. The van der Waals surface area contributed by atoms with Gasteiger partial charge in [0, 0.05) is 31.7 Å². The van der Waals surface area contributed by atoms with Crippen LogP contribution >= 0.6 is 11.8 Å². The maximum atomic E-state index is 14.1. The number of ether oxygens (including phenoxy) is 3. The highest BCUT2D eigenvalue weighted by Gasteiger charge is 2.38. The van der Waals surface area contributed by atoms with E-state index in [2.05, 4.69) is 20.8 Å². The van der Waals surface area contributed by atoms with Crippen LogP contribution in [-0.4, -0.2) is 115 Å². The Labute approximate surface area is 308 Å². The molecule has 1 aliphatic heterocycles. The lowest BCUT2D eigenvalue weighted by Crippen LogP contribution is -2.60. The molecular weight excluding hydrogens is 698 g/mol. The fraction of sp³-hybridized carbons (Fsp3) is 0.686. The molecule has 3 N–H and O–H groups in total. The number of hydrogen-bond acceptors (Lipinski definition) is 12. The van der Waals surface area contributed by atoms with E-state index in [1.807, 2.05) is 30.3 Å². The molecule has 2 aliphatic rings. The summed E-state index contributed by atoms with van der Waals surface area (Å²) < 4.78 is 16.5. The predicted octanol–water partition coefficient (Wildman–Crippen LogP) is 2.79. The van der Waals surface area contributed by atoms with Crippen molar-refractivity contribution in [2.24, 2.45) is 5.92 Å². The molecule has 0 unspecified atom stereocenters. The van der Waals surface area contributed by atoms with Gasteiger partial charge in [-0.1, -0.05) is 62.4 Å². The van der Waals surface area contributed by atoms with Gasteiger partial charge in [0.25, 0.3) is 5.09 Å². The first-order valence-electron chi connectivity index (χ1n) is 17.9. The second-order valence-electron chi connectivity index (χ2n) is 13.2.